The first-order valence-electron chi connectivity index (χ1n) is 6.03. The molecule has 1 saturated heterocycles. The van der Waals surface area contributed by atoms with Crippen LogP contribution in [-0.2, 0) is 10.0 Å². The molecule has 106 valence electrons. The average Bonchev–Trinajstić information content (AvgIpc) is 2.82. The van der Waals surface area contributed by atoms with E-state index in [0.29, 0.717) is 17.6 Å². The van der Waals surface area contributed by atoms with Crippen LogP contribution < -0.4 is 5.73 Å². The van der Waals surface area contributed by atoms with Crippen molar-refractivity contribution in [2.24, 2.45) is 11.7 Å². The van der Waals surface area contributed by atoms with Gasteiger partial charge in [0.15, 0.2) is 0 Å². The van der Waals surface area contributed by atoms with E-state index in [1.807, 2.05) is 6.92 Å². The second-order valence-electron chi connectivity index (χ2n) is 4.82. The number of hydrogen-bond donors (Lipinski definition) is 1. The molecule has 0 aliphatic carbocycles. The van der Waals surface area contributed by atoms with Crippen molar-refractivity contribution in [3.63, 3.8) is 0 Å². The number of nitrogens with two attached hydrogens (primary N) is 1. The molecule has 0 bridgehead atoms. The quantitative estimate of drug-likeness (QED) is 0.892. The highest BCUT2D eigenvalue weighted by Crippen LogP contribution is 2.33. The van der Waals surface area contributed by atoms with Gasteiger partial charge in [0.05, 0.1) is 5.02 Å². The number of halogens is 2. The van der Waals surface area contributed by atoms with Crippen LogP contribution in [0.25, 0.3) is 0 Å². The summed E-state index contributed by atoms with van der Waals surface area (Å²) < 4.78 is 27.2. The highest BCUT2D eigenvalue weighted by atomic mass is 79.9. The van der Waals surface area contributed by atoms with Gasteiger partial charge < -0.3 is 5.73 Å². The summed E-state index contributed by atoms with van der Waals surface area (Å²) in [5.74, 6) is 0.209. The number of benzene rings is 1. The molecule has 1 heterocycles. The first-order chi connectivity index (χ1) is 8.84. The number of sulfonamides is 1. The maximum atomic E-state index is 12.6. The minimum Gasteiger partial charge on any atom is -0.328 e. The van der Waals surface area contributed by atoms with Gasteiger partial charge in [0.25, 0.3) is 0 Å². The van der Waals surface area contributed by atoms with Gasteiger partial charge in [0.1, 0.15) is 4.90 Å². The van der Waals surface area contributed by atoms with Gasteiger partial charge in [-0.1, -0.05) is 17.7 Å². The van der Waals surface area contributed by atoms with Gasteiger partial charge in [0, 0.05) is 23.6 Å². The minimum atomic E-state index is -3.54. The molecule has 1 aromatic rings. The molecule has 1 aliphatic rings. The summed E-state index contributed by atoms with van der Waals surface area (Å²) >= 11 is 9.32. The summed E-state index contributed by atoms with van der Waals surface area (Å²) in [6.45, 7) is 2.87. The van der Waals surface area contributed by atoms with Crippen LogP contribution in [0.1, 0.15) is 13.3 Å². The highest BCUT2D eigenvalue weighted by molar-refractivity contribution is 9.10. The molecule has 2 N–H and O–H groups in total. The maximum absolute atomic E-state index is 12.6. The Labute approximate surface area is 127 Å². The van der Waals surface area contributed by atoms with Crippen molar-refractivity contribution in [2.75, 3.05) is 13.1 Å². The Kier molecular flexibility index (Phi) is 4.57. The molecule has 2 unspecified atom stereocenters. The largest absolute Gasteiger partial charge is 0.328 e. The van der Waals surface area contributed by atoms with Crippen LogP contribution in [0.3, 0.4) is 0 Å². The fraction of sp³-hybridized carbons (Fsp3) is 0.500. The van der Waals surface area contributed by atoms with Crippen molar-refractivity contribution >= 4 is 37.6 Å². The second kappa shape index (κ2) is 5.69. The molecule has 19 heavy (non-hydrogen) atoms. The molecule has 0 saturated carbocycles. The second-order valence-corrected chi connectivity index (χ2v) is 7.96. The third-order valence-corrected chi connectivity index (χ3v) is 6.78. The highest BCUT2D eigenvalue weighted by Gasteiger charge is 2.35. The summed E-state index contributed by atoms with van der Waals surface area (Å²) in [4.78, 5) is 0.147. The summed E-state index contributed by atoms with van der Waals surface area (Å²) in [5.41, 5.74) is 5.84. The molecule has 1 aromatic carbocycles. The van der Waals surface area contributed by atoms with Crippen molar-refractivity contribution in [1.29, 1.82) is 0 Å². The molecule has 2 rings (SSSR count). The first-order valence-corrected chi connectivity index (χ1v) is 8.65. The van der Waals surface area contributed by atoms with Crippen LogP contribution in [0.2, 0.25) is 5.02 Å². The van der Waals surface area contributed by atoms with Gasteiger partial charge in [0.2, 0.25) is 10.0 Å². The summed E-state index contributed by atoms with van der Waals surface area (Å²) in [7, 11) is -3.54. The predicted molar refractivity (Wildman–Crippen MR) is 79.7 cm³/mol. The molecule has 7 heteroatoms. The summed E-state index contributed by atoms with van der Waals surface area (Å²) in [6, 6.07) is 4.91. The van der Waals surface area contributed by atoms with Crippen molar-refractivity contribution in [2.45, 2.75) is 24.3 Å². The topological polar surface area (TPSA) is 63.4 Å². The normalized spacial score (nSPS) is 22.6. The van der Waals surface area contributed by atoms with Crippen LogP contribution in [-0.4, -0.2) is 31.9 Å². The van der Waals surface area contributed by atoms with Gasteiger partial charge in [-0.15, -0.1) is 0 Å². The summed E-state index contributed by atoms with van der Waals surface area (Å²) in [5, 5.41) is 0.228. The predicted octanol–water partition coefficient (Wildman–Crippen LogP) is 2.46. The van der Waals surface area contributed by atoms with E-state index < -0.39 is 10.0 Å². The molecule has 1 aliphatic heterocycles. The Balaban J connectivity index is 2.31. The lowest BCUT2D eigenvalue weighted by atomic mass is 10.0. The van der Waals surface area contributed by atoms with Crippen molar-refractivity contribution in [3.05, 3.63) is 27.7 Å². The van der Waals surface area contributed by atoms with Gasteiger partial charge in [-0.3, -0.25) is 0 Å². The fourth-order valence-corrected chi connectivity index (χ4v) is 4.74. The van der Waals surface area contributed by atoms with E-state index in [1.54, 1.807) is 12.1 Å². The molecule has 0 aromatic heterocycles. The van der Waals surface area contributed by atoms with Crippen LogP contribution >= 0.6 is 27.5 Å². The van der Waals surface area contributed by atoms with E-state index in [1.165, 1.54) is 10.4 Å². The zero-order valence-corrected chi connectivity index (χ0v) is 13.7. The van der Waals surface area contributed by atoms with E-state index in [2.05, 4.69) is 15.9 Å². The molecular formula is C12H16BrClN2O2S. The standard InChI is InChI=1S/C12H16BrClN2O2S/c1-8(15)9-5-6-16(7-9)19(17,18)11-4-2-3-10(13)12(11)14/h2-4,8-9H,5-7,15H2,1H3. The van der Waals surface area contributed by atoms with Crippen LogP contribution in [0.5, 0.6) is 0 Å². The van der Waals surface area contributed by atoms with Crippen molar-refractivity contribution < 1.29 is 8.42 Å². The molecule has 0 amide bonds. The Morgan fingerprint density at radius 1 is 1.53 bits per heavy atom. The molecule has 4 nitrogen and oxygen atoms in total. The summed E-state index contributed by atoms with van der Waals surface area (Å²) in [6.07, 6.45) is 0.794. The van der Waals surface area contributed by atoms with Crippen LogP contribution in [0, 0.1) is 5.92 Å². The van der Waals surface area contributed by atoms with E-state index in [9.17, 15) is 8.42 Å². The van der Waals surface area contributed by atoms with E-state index in [0.717, 1.165) is 6.42 Å². The Morgan fingerprint density at radius 2 is 2.21 bits per heavy atom. The van der Waals surface area contributed by atoms with Gasteiger partial charge in [-0.25, -0.2) is 8.42 Å². The monoisotopic (exact) mass is 366 g/mol. The van der Waals surface area contributed by atoms with Gasteiger partial charge in [-0.2, -0.15) is 4.31 Å². The van der Waals surface area contributed by atoms with Crippen molar-refractivity contribution in [3.8, 4) is 0 Å². The third kappa shape index (κ3) is 2.97. The maximum Gasteiger partial charge on any atom is 0.244 e. The minimum absolute atomic E-state index is 0.00168. The Morgan fingerprint density at radius 3 is 2.79 bits per heavy atom. The fourth-order valence-electron chi connectivity index (χ4n) is 2.22. The lowest BCUT2D eigenvalue weighted by Gasteiger charge is -2.19. The smallest absolute Gasteiger partial charge is 0.244 e. The number of rotatable bonds is 3. The number of hydrogen-bond acceptors (Lipinski definition) is 3. The molecule has 2 atom stereocenters. The Hall–Kier alpha value is -0.140. The van der Waals surface area contributed by atoms with E-state index in [-0.39, 0.29) is 21.9 Å². The third-order valence-electron chi connectivity index (χ3n) is 3.46. The van der Waals surface area contributed by atoms with Crippen LogP contribution in [0.4, 0.5) is 0 Å². The van der Waals surface area contributed by atoms with E-state index in [4.69, 9.17) is 17.3 Å². The zero-order chi connectivity index (χ0) is 14.2. The van der Waals surface area contributed by atoms with Crippen LogP contribution in [0.15, 0.2) is 27.6 Å². The molecule has 0 spiro atoms. The average molecular weight is 368 g/mol. The lowest BCUT2D eigenvalue weighted by Crippen LogP contribution is -2.33. The van der Waals surface area contributed by atoms with Gasteiger partial charge in [-0.05, 0) is 47.3 Å². The number of nitrogens with zero attached hydrogens (tertiary/aromatic N) is 1. The zero-order valence-electron chi connectivity index (χ0n) is 10.5. The van der Waals surface area contributed by atoms with Gasteiger partial charge >= 0.3 is 0 Å². The molecule has 1 fully saturated rings. The van der Waals surface area contributed by atoms with E-state index >= 15 is 0 Å². The van der Waals surface area contributed by atoms with Crippen molar-refractivity contribution in [1.82, 2.24) is 4.31 Å². The lowest BCUT2D eigenvalue weighted by molar-refractivity contribution is 0.429. The Bertz CT molecular complexity index is 577. The first kappa shape index (κ1) is 15.3. The SMILES string of the molecule is CC(N)C1CCN(S(=O)(=O)c2cccc(Br)c2Cl)C1. The molecule has 0 radical (unpaired) electrons. The molecular weight excluding hydrogens is 352 g/mol.